The van der Waals surface area contributed by atoms with E-state index >= 15 is 0 Å². The first-order valence-corrected chi connectivity index (χ1v) is 6.61. The summed E-state index contributed by atoms with van der Waals surface area (Å²) in [7, 11) is 0. The Bertz CT molecular complexity index is 587. The predicted octanol–water partition coefficient (Wildman–Crippen LogP) is 1.54. The average molecular weight is 302 g/mol. The van der Waals surface area contributed by atoms with E-state index < -0.39 is 0 Å². The lowest BCUT2D eigenvalue weighted by molar-refractivity contribution is -0.119. The van der Waals surface area contributed by atoms with Gasteiger partial charge in [0, 0.05) is 19.5 Å². The van der Waals surface area contributed by atoms with Crippen LogP contribution in [0.2, 0.25) is 0 Å². The van der Waals surface area contributed by atoms with Crippen molar-refractivity contribution in [3.05, 3.63) is 48.6 Å². The van der Waals surface area contributed by atoms with Crippen molar-refractivity contribution in [2.24, 2.45) is 0 Å². The van der Waals surface area contributed by atoms with Crippen LogP contribution in [0.25, 0.3) is 0 Å². The number of carbonyl (C=O) groups is 3. The van der Waals surface area contributed by atoms with Crippen LogP contribution < -0.4 is 10.6 Å². The number of carbonyl (C=O) groups excluding carboxylic acids is 3. The summed E-state index contributed by atoms with van der Waals surface area (Å²) >= 11 is 0. The minimum atomic E-state index is -0.120. The number of ketones is 1. The number of phenols is 1. The first-order valence-electron chi connectivity index (χ1n) is 6.61. The highest BCUT2D eigenvalue weighted by Crippen LogP contribution is 2.13. The zero-order valence-electron chi connectivity index (χ0n) is 12.4. The van der Waals surface area contributed by atoms with Gasteiger partial charge >= 0.3 is 0 Å². The van der Waals surface area contributed by atoms with Gasteiger partial charge in [-0.1, -0.05) is 12.2 Å². The van der Waals surface area contributed by atoms with Crippen LogP contribution in [0.4, 0.5) is 5.69 Å². The summed E-state index contributed by atoms with van der Waals surface area (Å²) in [5.74, 6) is -0.0555. The minimum absolute atomic E-state index is 0.0356. The van der Waals surface area contributed by atoms with Crippen LogP contribution in [0.1, 0.15) is 13.8 Å². The Morgan fingerprint density at radius 2 is 1.55 bits per heavy atom. The minimum Gasteiger partial charge on any atom is -0.508 e. The van der Waals surface area contributed by atoms with Gasteiger partial charge in [-0.25, -0.2) is 0 Å². The second-order valence-corrected chi connectivity index (χ2v) is 4.57. The van der Waals surface area contributed by atoms with Crippen LogP contribution in [0.3, 0.4) is 0 Å². The standard InChI is InChI=1S/2C8H9NO2/c2*1-6(10)9-7-2-4-8(11)5-3-7/h2-5,11H,1H3,(H,9,10);2-5,7H,1H3,(H,9,10). The number of aromatic hydroxyl groups is 1. The van der Waals surface area contributed by atoms with Crippen LogP contribution >= 0.6 is 0 Å². The van der Waals surface area contributed by atoms with Gasteiger partial charge in [0.05, 0.1) is 6.04 Å². The van der Waals surface area contributed by atoms with Gasteiger partial charge in [-0.15, -0.1) is 0 Å². The van der Waals surface area contributed by atoms with E-state index in [1.54, 1.807) is 24.3 Å². The monoisotopic (exact) mass is 302 g/mol. The fraction of sp³-hybridized carbons (Fsp3) is 0.188. The Labute approximate surface area is 128 Å². The summed E-state index contributed by atoms with van der Waals surface area (Å²) < 4.78 is 0. The molecule has 0 bridgehead atoms. The zero-order valence-corrected chi connectivity index (χ0v) is 12.4. The number of benzene rings is 1. The van der Waals surface area contributed by atoms with Crippen molar-refractivity contribution < 1.29 is 19.5 Å². The molecule has 0 aliphatic heterocycles. The Morgan fingerprint density at radius 1 is 1.00 bits per heavy atom. The number of rotatable bonds is 2. The smallest absolute Gasteiger partial charge is 0.221 e. The molecule has 0 saturated carbocycles. The molecule has 6 nitrogen and oxygen atoms in total. The van der Waals surface area contributed by atoms with E-state index in [1.807, 2.05) is 0 Å². The number of anilines is 1. The van der Waals surface area contributed by atoms with E-state index in [9.17, 15) is 14.4 Å². The molecule has 0 heterocycles. The summed E-state index contributed by atoms with van der Waals surface area (Å²) in [6.45, 7) is 2.88. The van der Waals surface area contributed by atoms with Crippen LogP contribution in [-0.2, 0) is 14.4 Å². The molecule has 116 valence electrons. The van der Waals surface area contributed by atoms with Crippen LogP contribution in [-0.4, -0.2) is 28.7 Å². The van der Waals surface area contributed by atoms with Gasteiger partial charge in [0.1, 0.15) is 5.75 Å². The van der Waals surface area contributed by atoms with E-state index in [-0.39, 0.29) is 29.4 Å². The van der Waals surface area contributed by atoms with E-state index in [0.717, 1.165) is 0 Å². The highest BCUT2D eigenvalue weighted by atomic mass is 16.3. The van der Waals surface area contributed by atoms with Crippen LogP contribution in [0.15, 0.2) is 48.6 Å². The Morgan fingerprint density at radius 3 is 2.00 bits per heavy atom. The van der Waals surface area contributed by atoms with Gasteiger partial charge in [0.15, 0.2) is 5.78 Å². The first kappa shape index (κ1) is 17.2. The molecule has 0 unspecified atom stereocenters. The van der Waals surface area contributed by atoms with Gasteiger partial charge in [-0.2, -0.15) is 0 Å². The highest BCUT2D eigenvalue weighted by Gasteiger charge is 2.05. The summed E-state index contributed by atoms with van der Waals surface area (Å²) in [6, 6.07) is 6.19. The summed E-state index contributed by atoms with van der Waals surface area (Å²) in [5, 5.41) is 14.1. The molecule has 22 heavy (non-hydrogen) atoms. The Hall–Kier alpha value is -2.89. The van der Waals surface area contributed by atoms with E-state index in [0.29, 0.717) is 5.69 Å². The molecule has 2 amide bonds. The van der Waals surface area contributed by atoms with Crippen molar-refractivity contribution >= 4 is 23.3 Å². The molecule has 0 atom stereocenters. The van der Waals surface area contributed by atoms with Crippen molar-refractivity contribution in [1.82, 2.24) is 5.32 Å². The number of hydrogen-bond acceptors (Lipinski definition) is 4. The lowest BCUT2D eigenvalue weighted by Gasteiger charge is -2.10. The fourth-order valence-electron chi connectivity index (χ4n) is 1.60. The molecule has 6 heteroatoms. The van der Waals surface area contributed by atoms with Gasteiger partial charge in [-0.3, -0.25) is 14.4 Å². The molecule has 0 radical (unpaired) electrons. The summed E-state index contributed by atoms with van der Waals surface area (Å²) in [6.07, 6.45) is 6.20. The van der Waals surface area contributed by atoms with E-state index in [2.05, 4.69) is 10.6 Å². The number of amides is 2. The number of allylic oxidation sites excluding steroid dienone is 2. The quantitative estimate of drug-likeness (QED) is 0.722. The summed E-state index contributed by atoms with van der Waals surface area (Å²) in [5.41, 5.74) is 0.690. The van der Waals surface area contributed by atoms with Crippen molar-refractivity contribution in [3.63, 3.8) is 0 Å². The molecule has 3 N–H and O–H groups in total. The first-order chi connectivity index (χ1) is 10.4. The van der Waals surface area contributed by atoms with Crippen molar-refractivity contribution in [3.8, 4) is 5.75 Å². The third kappa shape index (κ3) is 7.04. The topological polar surface area (TPSA) is 95.5 Å². The second kappa shape index (κ2) is 8.41. The maximum Gasteiger partial charge on any atom is 0.221 e. The Balaban J connectivity index is 0.000000220. The predicted molar refractivity (Wildman–Crippen MR) is 83.3 cm³/mol. The molecule has 0 fully saturated rings. The Kier molecular flexibility index (Phi) is 6.56. The maximum absolute atomic E-state index is 10.6. The van der Waals surface area contributed by atoms with Gasteiger partial charge in [0.25, 0.3) is 0 Å². The van der Waals surface area contributed by atoms with Crippen molar-refractivity contribution in [2.45, 2.75) is 19.9 Å². The molecule has 2 rings (SSSR count). The largest absolute Gasteiger partial charge is 0.508 e. The van der Waals surface area contributed by atoms with Gasteiger partial charge < -0.3 is 15.7 Å². The molecular weight excluding hydrogens is 284 g/mol. The number of hydrogen-bond donors (Lipinski definition) is 3. The van der Waals surface area contributed by atoms with Crippen LogP contribution in [0.5, 0.6) is 5.75 Å². The maximum atomic E-state index is 10.6. The SMILES string of the molecule is CC(=O)NC1C=CC(=O)C=C1.CC(=O)Nc1ccc(O)cc1. The van der Waals surface area contributed by atoms with Crippen molar-refractivity contribution in [1.29, 1.82) is 0 Å². The lowest BCUT2D eigenvalue weighted by Crippen LogP contribution is -2.30. The fourth-order valence-corrected chi connectivity index (χ4v) is 1.60. The normalized spacial score (nSPS) is 13.1. The molecule has 0 saturated heterocycles. The lowest BCUT2D eigenvalue weighted by atomic mass is 10.1. The molecule has 1 aliphatic carbocycles. The van der Waals surface area contributed by atoms with Gasteiger partial charge in [0.2, 0.25) is 11.8 Å². The number of nitrogens with one attached hydrogen (secondary N) is 2. The van der Waals surface area contributed by atoms with Crippen LogP contribution in [0, 0.1) is 0 Å². The molecular formula is C16H18N2O4. The molecule has 1 aromatic rings. The van der Waals surface area contributed by atoms with E-state index in [4.69, 9.17) is 5.11 Å². The second-order valence-electron chi connectivity index (χ2n) is 4.57. The molecule has 0 aromatic heterocycles. The van der Waals surface area contributed by atoms with Gasteiger partial charge in [-0.05, 0) is 36.4 Å². The molecule has 1 aromatic carbocycles. The molecule has 0 spiro atoms. The average Bonchev–Trinajstić information content (AvgIpc) is 2.44. The third-order valence-corrected chi connectivity index (χ3v) is 2.49. The molecule has 1 aliphatic rings. The van der Waals surface area contributed by atoms with E-state index in [1.165, 1.54) is 38.1 Å². The van der Waals surface area contributed by atoms with Crippen molar-refractivity contribution in [2.75, 3.05) is 5.32 Å². The number of phenolic OH excluding ortho intramolecular Hbond substituents is 1. The highest BCUT2D eigenvalue weighted by molar-refractivity contribution is 6.00. The zero-order chi connectivity index (χ0) is 16.5. The third-order valence-electron chi connectivity index (χ3n) is 2.49. The summed E-state index contributed by atoms with van der Waals surface area (Å²) in [4.78, 5) is 31.7.